The van der Waals surface area contributed by atoms with Gasteiger partial charge in [0.05, 0.1) is 10.6 Å². The molecule has 0 spiro atoms. The quantitative estimate of drug-likeness (QED) is 0.658. The summed E-state index contributed by atoms with van der Waals surface area (Å²) in [6.07, 6.45) is -4.12. The molecule has 0 aliphatic rings. The maximum atomic E-state index is 12.4. The van der Waals surface area contributed by atoms with Crippen LogP contribution in [0.4, 0.5) is 13.2 Å². The van der Waals surface area contributed by atoms with E-state index < -0.39 is 11.7 Å². The smallest absolute Gasteiger partial charge is 0.166 e. The first-order chi connectivity index (χ1) is 5.96. The van der Waals surface area contributed by atoms with E-state index in [-0.39, 0.29) is 17.0 Å². The number of rotatable bonds is 1. The number of benzene rings is 1. The van der Waals surface area contributed by atoms with Crippen molar-refractivity contribution in [2.45, 2.75) is 19.5 Å². The highest BCUT2D eigenvalue weighted by Crippen LogP contribution is 2.36. The van der Waals surface area contributed by atoms with Crippen molar-refractivity contribution in [2.24, 2.45) is 0 Å². The molecule has 0 fully saturated rings. The molecule has 0 bridgehead atoms. The molecule has 0 unspecified atom stereocenters. The fraction of sp³-hybridized carbons (Fsp3) is 0.333. The summed E-state index contributed by atoms with van der Waals surface area (Å²) in [5.41, 5.74) is -0.654. The molecule has 0 aliphatic carbocycles. The van der Waals surface area contributed by atoms with E-state index in [0.29, 0.717) is 0 Å². The van der Waals surface area contributed by atoms with Gasteiger partial charge in [-0.2, -0.15) is 13.2 Å². The lowest BCUT2D eigenvalue weighted by Gasteiger charge is -2.12. The van der Waals surface area contributed by atoms with E-state index in [1.54, 1.807) is 6.92 Å². The van der Waals surface area contributed by atoms with Gasteiger partial charge in [-0.05, 0) is 24.1 Å². The lowest BCUT2D eigenvalue weighted by Crippen LogP contribution is -2.09. The van der Waals surface area contributed by atoms with Crippen molar-refractivity contribution in [3.8, 4) is 0 Å². The Hall–Kier alpha value is -0.700. The van der Waals surface area contributed by atoms with Crippen molar-refractivity contribution in [1.82, 2.24) is 0 Å². The summed E-state index contributed by atoms with van der Waals surface area (Å²) in [4.78, 5) is 0. The zero-order valence-corrected chi connectivity index (χ0v) is 7.63. The van der Waals surface area contributed by atoms with E-state index in [4.69, 9.17) is 11.6 Å². The summed E-state index contributed by atoms with van der Waals surface area (Å²) >= 11 is 5.45. The average Bonchev–Trinajstić information content (AvgIpc) is 2.01. The van der Waals surface area contributed by atoms with Crippen LogP contribution in [0.15, 0.2) is 12.1 Å². The second-order valence-corrected chi connectivity index (χ2v) is 2.94. The van der Waals surface area contributed by atoms with E-state index in [2.05, 4.69) is 6.07 Å². The maximum Gasteiger partial charge on any atom is 0.418 e. The molecule has 1 rings (SSSR count). The molecular weight excluding hydrogens is 201 g/mol. The van der Waals surface area contributed by atoms with E-state index in [0.717, 1.165) is 0 Å². The Balaban J connectivity index is 3.32. The monoisotopic (exact) mass is 207 g/mol. The molecule has 0 amide bonds. The highest BCUT2D eigenvalue weighted by molar-refractivity contribution is 6.31. The Morgan fingerprint density at radius 3 is 2.46 bits per heavy atom. The standard InChI is InChI=1S/C9H7ClF3/c1-2-6-4-3-5-7(10)8(6)9(11,12)13/h3,5H,2H2,1H3. The molecule has 0 heterocycles. The number of halogens is 4. The fourth-order valence-electron chi connectivity index (χ4n) is 1.10. The van der Waals surface area contributed by atoms with Gasteiger partial charge in [0.15, 0.2) is 0 Å². The van der Waals surface area contributed by atoms with Gasteiger partial charge >= 0.3 is 6.18 Å². The van der Waals surface area contributed by atoms with Crippen LogP contribution in [0.2, 0.25) is 5.02 Å². The number of aryl methyl sites for hydroxylation is 1. The van der Waals surface area contributed by atoms with Gasteiger partial charge in [0.25, 0.3) is 0 Å². The van der Waals surface area contributed by atoms with Gasteiger partial charge in [-0.3, -0.25) is 0 Å². The van der Waals surface area contributed by atoms with Crippen LogP contribution >= 0.6 is 11.6 Å². The molecule has 0 aromatic heterocycles. The molecule has 0 nitrogen and oxygen atoms in total. The largest absolute Gasteiger partial charge is 0.418 e. The number of hydrogen-bond donors (Lipinski definition) is 0. The van der Waals surface area contributed by atoms with Gasteiger partial charge < -0.3 is 0 Å². The molecule has 4 heteroatoms. The summed E-state index contributed by atoms with van der Waals surface area (Å²) in [7, 11) is 0. The highest BCUT2D eigenvalue weighted by atomic mass is 35.5. The molecule has 1 radical (unpaired) electrons. The predicted molar refractivity (Wildman–Crippen MR) is 44.7 cm³/mol. The second-order valence-electron chi connectivity index (χ2n) is 2.53. The van der Waals surface area contributed by atoms with Crippen LogP contribution in [-0.2, 0) is 12.6 Å². The van der Waals surface area contributed by atoms with E-state index >= 15 is 0 Å². The first-order valence-electron chi connectivity index (χ1n) is 3.73. The van der Waals surface area contributed by atoms with Gasteiger partial charge in [-0.1, -0.05) is 24.6 Å². The van der Waals surface area contributed by atoms with Crippen molar-refractivity contribution in [1.29, 1.82) is 0 Å². The molecular formula is C9H7ClF3. The maximum absolute atomic E-state index is 12.4. The average molecular weight is 208 g/mol. The third-order valence-corrected chi connectivity index (χ3v) is 1.98. The van der Waals surface area contributed by atoms with Crippen LogP contribution < -0.4 is 0 Å². The van der Waals surface area contributed by atoms with Crippen LogP contribution in [-0.4, -0.2) is 0 Å². The van der Waals surface area contributed by atoms with Gasteiger partial charge in [-0.15, -0.1) is 0 Å². The highest BCUT2D eigenvalue weighted by Gasteiger charge is 2.35. The molecule has 13 heavy (non-hydrogen) atoms. The van der Waals surface area contributed by atoms with Crippen LogP contribution in [0, 0.1) is 6.07 Å². The van der Waals surface area contributed by atoms with Crippen LogP contribution in [0.3, 0.4) is 0 Å². The van der Waals surface area contributed by atoms with Crippen molar-refractivity contribution >= 4 is 11.6 Å². The second kappa shape index (κ2) is 3.58. The molecule has 0 N–H and O–H groups in total. The lowest BCUT2D eigenvalue weighted by molar-refractivity contribution is -0.138. The van der Waals surface area contributed by atoms with Gasteiger partial charge in [0.1, 0.15) is 0 Å². The molecule has 0 saturated heterocycles. The summed E-state index contributed by atoms with van der Waals surface area (Å²) in [5.74, 6) is 0. The molecule has 71 valence electrons. The van der Waals surface area contributed by atoms with E-state index in [9.17, 15) is 13.2 Å². The van der Waals surface area contributed by atoms with Gasteiger partial charge in [0, 0.05) is 0 Å². The minimum atomic E-state index is -4.39. The zero-order chi connectivity index (χ0) is 10.1. The lowest BCUT2D eigenvalue weighted by atomic mass is 10.1. The van der Waals surface area contributed by atoms with Crippen molar-refractivity contribution in [3.05, 3.63) is 34.3 Å². The Morgan fingerprint density at radius 2 is 2.08 bits per heavy atom. The Bertz CT molecular complexity index is 304. The fourth-order valence-corrected chi connectivity index (χ4v) is 1.38. The summed E-state index contributed by atoms with van der Waals surface area (Å²) in [5, 5.41) is -0.261. The van der Waals surface area contributed by atoms with Crippen LogP contribution in [0.1, 0.15) is 18.1 Å². The van der Waals surface area contributed by atoms with E-state index in [1.807, 2.05) is 0 Å². The summed E-state index contributed by atoms with van der Waals surface area (Å²) < 4.78 is 37.2. The van der Waals surface area contributed by atoms with Crippen LogP contribution in [0.25, 0.3) is 0 Å². The minimum absolute atomic E-state index is 0.111. The third-order valence-electron chi connectivity index (χ3n) is 1.66. The van der Waals surface area contributed by atoms with Crippen molar-refractivity contribution in [2.75, 3.05) is 0 Å². The van der Waals surface area contributed by atoms with Crippen molar-refractivity contribution in [3.63, 3.8) is 0 Å². The predicted octanol–water partition coefficient (Wildman–Crippen LogP) is 3.72. The van der Waals surface area contributed by atoms with Crippen LogP contribution in [0.5, 0.6) is 0 Å². The summed E-state index contributed by atoms with van der Waals surface area (Å²) in [6.45, 7) is 1.64. The molecule has 0 saturated carbocycles. The van der Waals surface area contributed by atoms with Gasteiger partial charge in [0.2, 0.25) is 0 Å². The molecule has 1 aromatic rings. The molecule has 1 aromatic carbocycles. The van der Waals surface area contributed by atoms with Gasteiger partial charge in [-0.25, -0.2) is 0 Å². The first-order valence-corrected chi connectivity index (χ1v) is 4.11. The summed E-state index contributed by atoms with van der Waals surface area (Å²) in [6, 6.07) is 5.13. The number of hydrogen-bond acceptors (Lipinski definition) is 0. The van der Waals surface area contributed by atoms with Crippen molar-refractivity contribution < 1.29 is 13.2 Å². The normalized spacial score (nSPS) is 11.8. The SMILES string of the molecule is CCc1[c]ccc(Cl)c1C(F)(F)F. The van der Waals surface area contributed by atoms with E-state index in [1.165, 1.54) is 12.1 Å². The Kier molecular flexibility index (Phi) is 2.86. The number of alkyl halides is 3. The Labute approximate surface area is 79.3 Å². The topological polar surface area (TPSA) is 0 Å². The minimum Gasteiger partial charge on any atom is -0.166 e. The molecule has 0 atom stereocenters. The third kappa shape index (κ3) is 2.15. The Morgan fingerprint density at radius 1 is 1.46 bits per heavy atom. The molecule has 0 aliphatic heterocycles. The zero-order valence-electron chi connectivity index (χ0n) is 6.87. The first kappa shape index (κ1) is 10.4.